The number of benzene rings is 1. The molecule has 3 aliphatic rings. The number of carbonyl (C=O) groups is 2. The Labute approximate surface area is 161 Å². The Balaban J connectivity index is 1.35. The number of nitrogens with zero attached hydrogens (tertiary/aromatic N) is 2. The summed E-state index contributed by atoms with van der Waals surface area (Å²) >= 11 is 1.25. The third kappa shape index (κ3) is 4.28. The third-order valence-electron chi connectivity index (χ3n) is 5.08. The van der Waals surface area contributed by atoms with E-state index in [0.717, 1.165) is 19.6 Å². The van der Waals surface area contributed by atoms with Crippen LogP contribution in [0.2, 0.25) is 0 Å². The molecule has 2 aromatic rings. The molecule has 0 radical (unpaired) electrons. The normalized spacial score (nSPS) is 23.7. The van der Waals surface area contributed by atoms with E-state index in [1.807, 2.05) is 0 Å². The molecule has 0 aliphatic carbocycles. The monoisotopic (exact) mass is 386 g/mol. The summed E-state index contributed by atoms with van der Waals surface area (Å²) in [6.45, 7) is 4.71. The molecule has 0 spiro atoms. The maximum Gasteiger partial charge on any atom is 0.280 e. The molecule has 2 N–H and O–H groups in total. The van der Waals surface area contributed by atoms with Crippen LogP contribution < -0.4 is 15.4 Å². The molecular formula is C19H22N4O3S. The summed E-state index contributed by atoms with van der Waals surface area (Å²) in [5.41, 5.74) is 0.622. The highest BCUT2D eigenvalue weighted by atomic mass is 32.1. The van der Waals surface area contributed by atoms with Gasteiger partial charge in [0.25, 0.3) is 11.1 Å². The second-order valence-electron chi connectivity index (χ2n) is 7.02. The van der Waals surface area contributed by atoms with Crippen molar-refractivity contribution in [2.45, 2.75) is 25.8 Å². The van der Waals surface area contributed by atoms with Crippen molar-refractivity contribution in [1.82, 2.24) is 15.2 Å². The first kappa shape index (κ1) is 17.9. The number of rotatable bonds is 5. The number of thiazole rings is 1. The number of fused-ring (bicyclic) bond motifs is 3. The van der Waals surface area contributed by atoms with E-state index in [1.54, 1.807) is 30.5 Å². The molecule has 1 atom stereocenters. The molecule has 1 aromatic heterocycles. The molecule has 0 saturated carbocycles. The van der Waals surface area contributed by atoms with Crippen molar-refractivity contribution in [1.29, 1.82) is 0 Å². The lowest BCUT2D eigenvalue weighted by atomic mass is 9.84. The van der Waals surface area contributed by atoms with Crippen LogP contribution in [0, 0.1) is 5.92 Å². The van der Waals surface area contributed by atoms with E-state index in [4.69, 9.17) is 4.74 Å². The summed E-state index contributed by atoms with van der Waals surface area (Å²) in [4.78, 5) is 30.1. The zero-order valence-electron chi connectivity index (χ0n) is 15.1. The van der Waals surface area contributed by atoms with Gasteiger partial charge in [0.05, 0.1) is 6.20 Å². The molecule has 7 nitrogen and oxygen atoms in total. The molecule has 8 heteroatoms. The van der Waals surface area contributed by atoms with Gasteiger partial charge >= 0.3 is 0 Å². The summed E-state index contributed by atoms with van der Waals surface area (Å²) in [5, 5.41) is 6.92. The van der Waals surface area contributed by atoms with Crippen molar-refractivity contribution in [2.75, 3.05) is 25.0 Å². The Hall–Kier alpha value is -2.45. The van der Waals surface area contributed by atoms with Crippen LogP contribution in [0.1, 0.15) is 30.1 Å². The lowest BCUT2D eigenvalue weighted by molar-refractivity contribution is -0.114. The van der Waals surface area contributed by atoms with Gasteiger partial charge in [0, 0.05) is 25.1 Å². The molecule has 27 heavy (non-hydrogen) atoms. The molecule has 0 unspecified atom stereocenters. The fourth-order valence-corrected chi connectivity index (χ4v) is 4.42. The molecule has 1 aromatic carbocycles. The first-order chi connectivity index (χ1) is 13.1. The van der Waals surface area contributed by atoms with E-state index in [1.165, 1.54) is 31.1 Å². The van der Waals surface area contributed by atoms with Crippen LogP contribution in [-0.2, 0) is 4.79 Å². The number of hydrogen-bond acceptors (Lipinski definition) is 6. The van der Waals surface area contributed by atoms with E-state index in [0.29, 0.717) is 27.4 Å². The van der Waals surface area contributed by atoms with Crippen molar-refractivity contribution in [3.63, 3.8) is 0 Å². The van der Waals surface area contributed by atoms with Crippen molar-refractivity contribution in [3.05, 3.63) is 36.0 Å². The molecule has 4 heterocycles. The van der Waals surface area contributed by atoms with E-state index in [9.17, 15) is 9.59 Å². The number of carbonyl (C=O) groups excluding carboxylic acids is 2. The number of hydrogen-bond donors (Lipinski definition) is 2. The highest BCUT2D eigenvalue weighted by Crippen LogP contribution is 2.30. The highest BCUT2D eigenvalue weighted by Gasteiger charge is 2.34. The van der Waals surface area contributed by atoms with Crippen molar-refractivity contribution < 1.29 is 14.3 Å². The van der Waals surface area contributed by atoms with Gasteiger partial charge in [-0.1, -0.05) is 11.3 Å². The minimum Gasteiger partial charge on any atom is -0.431 e. The third-order valence-corrected chi connectivity index (χ3v) is 5.87. The minimum absolute atomic E-state index is 0.0394. The van der Waals surface area contributed by atoms with Crippen molar-refractivity contribution >= 4 is 28.2 Å². The average molecular weight is 386 g/mol. The number of amides is 2. The summed E-state index contributed by atoms with van der Waals surface area (Å²) in [5.74, 6) is 1.01. The standard InChI is InChI=1S/C19H22N4O3S/c1-12(24)21-17-10-20-19(27-17)26-15-4-2-14(3-5-15)18(25)22-16-11-23-8-6-13(16)7-9-23/h2-5,10,13,16H,6-9,11H2,1H3,(H,21,24)(H,22,25)/t16-/m0/s1. The highest BCUT2D eigenvalue weighted by molar-refractivity contribution is 7.17. The van der Waals surface area contributed by atoms with Gasteiger partial charge in [-0.3, -0.25) is 9.59 Å². The molecule has 5 rings (SSSR count). The summed E-state index contributed by atoms with van der Waals surface area (Å²) in [6, 6.07) is 7.27. The molecule has 2 amide bonds. The van der Waals surface area contributed by atoms with Crippen LogP contribution in [-0.4, -0.2) is 47.4 Å². The number of ether oxygens (including phenoxy) is 1. The number of piperidine rings is 3. The van der Waals surface area contributed by atoms with Crippen molar-refractivity contribution in [3.8, 4) is 10.9 Å². The predicted molar refractivity (Wildman–Crippen MR) is 103 cm³/mol. The predicted octanol–water partition coefficient (Wildman–Crippen LogP) is 2.72. The van der Waals surface area contributed by atoms with Crippen LogP contribution in [0.5, 0.6) is 10.9 Å². The number of nitrogens with one attached hydrogen (secondary N) is 2. The molecule has 3 saturated heterocycles. The van der Waals surface area contributed by atoms with Crippen LogP contribution in [0.25, 0.3) is 0 Å². The Morgan fingerprint density at radius 2 is 1.96 bits per heavy atom. The largest absolute Gasteiger partial charge is 0.431 e. The van der Waals surface area contributed by atoms with Gasteiger partial charge in [-0.2, -0.15) is 0 Å². The van der Waals surface area contributed by atoms with Gasteiger partial charge in [-0.05, 0) is 56.1 Å². The second-order valence-corrected chi connectivity index (χ2v) is 8.01. The zero-order valence-corrected chi connectivity index (χ0v) is 15.9. The van der Waals surface area contributed by atoms with Gasteiger partial charge in [-0.25, -0.2) is 4.98 Å². The summed E-state index contributed by atoms with van der Waals surface area (Å²) < 4.78 is 5.68. The quantitative estimate of drug-likeness (QED) is 0.826. The SMILES string of the molecule is CC(=O)Nc1cnc(Oc2ccc(C(=O)N[C@H]3CN4CCC3CC4)cc2)s1. The first-order valence-corrected chi connectivity index (χ1v) is 9.93. The zero-order chi connectivity index (χ0) is 18.8. The number of aromatic nitrogens is 1. The molecule has 2 bridgehead atoms. The van der Waals surface area contributed by atoms with Crippen LogP contribution in [0.15, 0.2) is 30.5 Å². The van der Waals surface area contributed by atoms with Crippen LogP contribution in [0.4, 0.5) is 5.00 Å². The fraction of sp³-hybridized carbons (Fsp3) is 0.421. The Kier molecular flexibility index (Phi) is 5.09. The first-order valence-electron chi connectivity index (χ1n) is 9.11. The summed E-state index contributed by atoms with van der Waals surface area (Å²) in [6.07, 6.45) is 3.90. The van der Waals surface area contributed by atoms with Gasteiger partial charge in [-0.15, -0.1) is 0 Å². The fourth-order valence-electron chi connectivity index (χ4n) is 3.69. The maximum absolute atomic E-state index is 12.5. The molecular weight excluding hydrogens is 364 g/mol. The van der Waals surface area contributed by atoms with E-state index < -0.39 is 0 Å². The van der Waals surface area contributed by atoms with Gasteiger partial charge in [0.2, 0.25) is 5.91 Å². The lowest BCUT2D eigenvalue weighted by Crippen LogP contribution is -2.57. The van der Waals surface area contributed by atoms with E-state index in [-0.39, 0.29) is 17.9 Å². The van der Waals surface area contributed by atoms with Gasteiger partial charge in [0.1, 0.15) is 10.8 Å². The topological polar surface area (TPSA) is 83.6 Å². The van der Waals surface area contributed by atoms with Crippen LogP contribution in [0.3, 0.4) is 0 Å². The van der Waals surface area contributed by atoms with Crippen LogP contribution >= 0.6 is 11.3 Å². The van der Waals surface area contributed by atoms with Crippen molar-refractivity contribution in [2.24, 2.45) is 5.92 Å². The molecule has 142 valence electrons. The summed E-state index contributed by atoms with van der Waals surface area (Å²) in [7, 11) is 0. The Morgan fingerprint density at radius 3 is 2.59 bits per heavy atom. The van der Waals surface area contributed by atoms with E-state index >= 15 is 0 Å². The average Bonchev–Trinajstić information content (AvgIpc) is 3.09. The number of anilines is 1. The van der Waals surface area contributed by atoms with E-state index in [2.05, 4.69) is 20.5 Å². The molecule has 3 fully saturated rings. The van der Waals surface area contributed by atoms with Gasteiger partial charge < -0.3 is 20.3 Å². The van der Waals surface area contributed by atoms with Gasteiger partial charge in [0.15, 0.2) is 0 Å². The Morgan fingerprint density at radius 1 is 1.22 bits per heavy atom. The minimum atomic E-state index is -0.149. The smallest absolute Gasteiger partial charge is 0.280 e. The lowest BCUT2D eigenvalue weighted by Gasteiger charge is -2.44. The Bertz CT molecular complexity index is 828. The maximum atomic E-state index is 12.5. The second kappa shape index (κ2) is 7.66. The molecule has 3 aliphatic heterocycles.